The third-order valence-corrected chi connectivity index (χ3v) is 5.77. The van der Waals surface area contributed by atoms with Gasteiger partial charge in [0, 0.05) is 17.2 Å². The molecule has 3 aromatic rings. The Morgan fingerprint density at radius 1 is 1.03 bits per heavy atom. The van der Waals surface area contributed by atoms with E-state index >= 15 is 0 Å². The zero-order valence-corrected chi connectivity index (χ0v) is 21.3. The summed E-state index contributed by atoms with van der Waals surface area (Å²) >= 11 is 0. The first kappa shape index (κ1) is 26.7. The molecule has 0 bridgehead atoms. The molecule has 2 heterocycles. The number of H-pyrrole nitrogens is 1. The SMILES string of the molecule is CCOC(=O)[C@H](NC(=O)c1cnc(-c2cccc(-c3cc(C(=O)NC(CC)CC)[nH]n3)c2)o1)C(C)C. The van der Waals surface area contributed by atoms with Gasteiger partial charge in [-0.15, -0.1) is 0 Å². The Morgan fingerprint density at radius 2 is 1.75 bits per heavy atom. The van der Waals surface area contributed by atoms with Crippen molar-refractivity contribution in [1.29, 1.82) is 0 Å². The Balaban J connectivity index is 1.75. The van der Waals surface area contributed by atoms with Crippen molar-refractivity contribution in [2.75, 3.05) is 6.61 Å². The van der Waals surface area contributed by atoms with Gasteiger partial charge in [0.25, 0.3) is 11.8 Å². The molecule has 0 fully saturated rings. The van der Waals surface area contributed by atoms with Crippen LogP contribution in [0.4, 0.5) is 0 Å². The molecule has 0 aliphatic carbocycles. The van der Waals surface area contributed by atoms with E-state index in [9.17, 15) is 14.4 Å². The maximum atomic E-state index is 12.7. The van der Waals surface area contributed by atoms with Crippen molar-refractivity contribution in [3.05, 3.63) is 48.0 Å². The van der Waals surface area contributed by atoms with Crippen LogP contribution in [0.1, 0.15) is 68.5 Å². The zero-order valence-electron chi connectivity index (χ0n) is 21.3. The first-order valence-corrected chi connectivity index (χ1v) is 12.2. The Kier molecular flexibility index (Phi) is 8.99. The monoisotopic (exact) mass is 495 g/mol. The van der Waals surface area contributed by atoms with E-state index in [1.165, 1.54) is 6.20 Å². The van der Waals surface area contributed by atoms with Crippen LogP contribution in [0.25, 0.3) is 22.7 Å². The fourth-order valence-electron chi connectivity index (χ4n) is 3.61. The summed E-state index contributed by atoms with van der Waals surface area (Å²) in [6.45, 7) is 9.62. The molecule has 2 amide bonds. The summed E-state index contributed by atoms with van der Waals surface area (Å²) in [6.07, 6.45) is 3.01. The van der Waals surface area contributed by atoms with Crippen LogP contribution in [0, 0.1) is 5.92 Å². The van der Waals surface area contributed by atoms with Crippen LogP contribution in [0.15, 0.2) is 40.9 Å². The Bertz CT molecular complexity index is 1190. The molecule has 0 aliphatic rings. The normalized spacial score (nSPS) is 12.0. The number of nitrogens with zero attached hydrogens (tertiary/aromatic N) is 2. The Morgan fingerprint density at radius 3 is 2.42 bits per heavy atom. The van der Waals surface area contributed by atoms with Crippen LogP contribution in [0.2, 0.25) is 0 Å². The highest BCUT2D eigenvalue weighted by atomic mass is 16.5. The first-order valence-electron chi connectivity index (χ1n) is 12.2. The Hall–Kier alpha value is -3.95. The highest BCUT2D eigenvalue weighted by Crippen LogP contribution is 2.26. The summed E-state index contributed by atoms with van der Waals surface area (Å²) in [5.41, 5.74) is 2.34. The van der Waals surface area contributed by atoms with E-state index in [4.69, 9.17) is 9.15 Å². The van der Waals surface area contributed by atoms with Crippen molar-refractivity contribution in [1.82, 2.24) is 25.8 Å². The molecular weight excluding hydrogens is 462 g/mol. The molecule has 0 radical (unpaired) electrons. The van der Waals surface area contributed by atoms with Gasteiger partial charge in [-0.05, 0) is 43.9 Å². The number of aromatic nitrogens is 3. The highest BCUT2D eigenvalue weighted by Gasteiger charge is 2.27. The smallest absolute Gasteiger partial charge is 0.328 e. The maximum Gasteiger partial charge on any atom is 0.328 e. The summed E-state index contributed by atoms with van der Waals surface area (Å²) in [7, 11) is 0. The molecule has 192 valence electrons. The van der Waals surface area contributed by atoms with Gasteiger partial charge >= 0.3 is 5.97 Å². The number of carbonyl (C=O) groups excluding carboxylic acids is 3. The maximum absolute atomic E-state index is 12.7. The van der Waals surface area contributed by atoms with Crippen LogP contribution >= 0.6 is 0 Å². The molecule has 2 aromatic heterocycles. The molecule has 36 heavy (non-hydrogen) atoms. The molecule has 0 unspecified atom stereocenters. The molecule has 1 atom stereocenters. The quantitative estimate of drug-likeness (QED) is 0.342. The molecule has 0 aliphatic heterocycles. The number of oxazole rings is 1. The first-order chi connectivity index (χ1) is 17.3. The molecule has 3 rings (SSSR count). The molecule has 10 nitrogen and oxygen atoms in total. The number of rotatable bonds is 11. The summed E-state index contributed by atoms with van der Waals surface area (Å²) in [5, 5.41) is 12.7. The van der Waals surface area contributed by atoms with Crippen molar-refractivity contribution < 1.29 is 23.5 Å². The van der Waals surface area contributed by atoms with E-state index in [2.05, 4.69) is 25.8 Å². The third kappa shape index (κ3) is 6.38. The van der Waals surface area contributed by atoms with Gasteiger partial charge in [0.2, 0.25) is 11.7 Å². The van der Waals surface area contributed by atoms with Crippen LogP contribution in [-0.2, 0) is 9.53 Å². The van der Waals surface area contributed by atoms with Gasteiger partial charge in [-0.2, -0.15) is 5.10 Å². The topological polar surface area (TPSA) is 139 Å². The summed E-state index contributed by atoms with van der Waals surface area (Å²) in [5.74, 6) is -1.21. The van der Waals surface area contributed by atoms with Gasteiger partial charge in [0.05, 0.1) is 18.5 Å². The lowest BCUT2D eigenvalue weighted by Gasteiger charge is -2.19. The standard InChI is InChI=1S/C26H33N5O5/c1-6-18(7-2)28-23(32)20-13-19(30-31-20)16-10-9-11-17(12-16)25-27-14-21(36-25)24(33)29-22(15(4)5)26(34)35-8-3/h9-15,18,22H,6-8H2,1-5H3,(H,28,32)(H,29,33)(H,30,31)/t22-/m1/s1. The molecule has 1 aromatic carbocycles. The van der Waals surface area contributed by atoms with Crippen LogP contribution in [0.5, 0.6) is 0 Å². The average molecular weight is 496 g/mol. The summed E-state index contributed by atoms with van der Waals surface area (Å²) < 4.78 is 10.7. The number of esters is 1. The van der Waals surface area contributed by atoms with Gasteiger partial charge in [-0.3, -0.25) is 14.7 Å². The number of aromatic amines is 1. The fourth-order valence-corrected chi connectivity index (χ4v) is 3.61. The van der Waals surface area contributed by atoms with E-state index in [1.54, 1.807) is 19.1 Å². The number of nitrogens with one attached hydrogen (secondary N) is 3. The van der Waals surface area contributed by atoms with Crippen molar-refractivity contribution in [3.8, 4) is 22.7 Å². The minimum Gasteiger partial charge on any atom is -0.464 e. The molecular formula is C26H33N5O5. The summed E-state index contributed by atoms with van der Waals surface area (Å²) in [6, 6.07) is 8.25. The molecule has 10 heteroatoms. The van der Waals surface area contributed by atoms with E-state index in [-0.39, 0.29) is 36.1 Å². The predicted molar refractivity (Wildman–Crippen MR) is 134 cm³/mol. The number of hydrogen-bond donors (Lipinski definition) is 3. The highest BCUT2D eigenvalue weighted by molar-refractivity contribution is 5.95. The van der Waals surface area contributed by atoms with Gasteiger partial charge in [-0.25, -0.2) is 9.78 Å². The van der Waals surface area contributed by atoms with E-state index in [1.807, 2.05) is 45.9 Å². The van der Waals surface area contributed by atoms with Crippen LogP contribution in [0.3, 0.4) is 0 Å². The Labute approximate surface area is 210 Å². The van der Waals surface area contributed by atoms with Crippen LogP contribution in [-0.4, -0.2) is 51.7 Å². The van der Waals surface area contributed by atoms with Gasteiger partial charge in [0.15, 0.2) is 0 Å². The van der Waals surface area contributed by atoms with Gasteiger partial charge in [-0.1, -0.05) is 39.8 Å². The van der Waals surface area contributed by atoms with E-state index in [0.29, 0.717) is 17.0 Å². The second-order valence-electron chi connectivity index (χ2n) is 8.71. The van der Waals surface area contributed by atoms with Crippen LogP contribution < -0.4 is 10.6 Å². The number of hydrogen-bond acceptors (Lipinski definition) is 7. The third-order valence-electron chi connectivity index (χ3n) is 5.77. The van der Waals surface area contributed by atoms with Crippen molar-refractivity contribution >= 4 is 17.8 Å². The lowest BCUT2D eigenvalue weighted by molar-refractivity contribution is -0.146. The molecule has 0 saturated carbocycles. The minimum absolute atomic E-state index is 0.0227. The summed E-state index contributed by atoms with van der Waals surface area (Å²) in [4.78, 5) is 41.6. The second kappa shape index (κ2) is 12.1. The molecule has 0 saturated heterocycles. The van der Waals surface area contributed by atoms with Crippen molar-refractivity contribution in [3.63, 3.8) is 0 Å². The fraction of sp³-hybridized carbons (Fsp3) is 0.423. The number of ether oxygens (including phenoxy) is 1. The van der Waals surface area contributed by atoms with Crippen molar-refractivity contribution in [2.24, 2.45) is 5.92 Å². The largest absolute Gasteiger partial charge is 0.464 e. The predicted octanol–water partition coefficient (Wildman–Crippen LogP) is 3.97. The molecule has 3 N–H and O–H groups in total. The minimum atomic E-state index is -0.801. The van der Waals surface area contributed by atoms with Gasteiger partial charge in [0.1, 0.15) is 11.7 Å². The lowest BCUT2D eigenvalue weighted by Crippen LogP contribution is -2.45. The zero-order chi connectivity index (χ0) is 26.2. The van der Waals surface area contributed by atoms with Crippen molar-refractivity contribution in [2.45, 2.75) is 59.5 Å². The second-order valence-corrected chi connectivity index (χ2v) is 8.71. The van der Waals surface area contributed by atoms with Gasteiger partial charge < -0.3 is 19.8 Å². The van der Waals surface area contributed by atoms with E-state index < -0.39 is 17.9 Å². The van der Waals surface area contributed by atoms with E-state index in [0.717, 1.165) is 18.4 Å². The number of carbonyl (C=O) groups is 3. The lowest BCUT2D eigenvalue weighted by atomic mass is 10.0. The molecule has 0 spiro atoms. The number of amides is 2. The number of benzene rings is 1. The average Bonchev–Trinajstić information content (AvgIpc) is 3.56.